The average Bonchev–Trinajstić information content (AvgIpc) is 2.60. The number of hydrogen-bond donors (Lipinski definition) is 0. The molecule has 24 heavy (non-hydrogen) atoms. The lowest BCUT2D eigenvalue weighted by molar-refractivity contribution is 0.275. The number of rotatable bonds is 8. The molecule has 0 aliphatic heterocycles. The highest BCUT2D eigenvalue weighted by Crippen LogP contribution is 2.34. The second kappa shape index (κ2) is 9.67. The van der Waals surface area contributed by atoms with Crippen LogP contribution in [0.15, 0.2) is 41.4 Å². The van der Waals surface area contributed by atoms with E-state index in [2.05, 4.69) is 59.6 Å². The van der Waals surface area contributed by atoms with Crippen LogP contribution in [0, 0.1) is 3.57 Å². The minimum atomic E-state index is 0.609. The van der Waals surface area contributed by atoms with Crippen LogP contribution in [0.4, 0.5) is 5.69 Å². The van der Waals surface area contributed by atoms with E-state index in [9.17, 15) is 0 Å². The SMILES string of the molecule is CCCOc1c(I)cc(C=Nc2ccc(CC)cc2)cc1OCC. The summed E-state index contributed by atoms with van der Waals surface area (Å²) in [6.45, 7) is 7.52. The van der Waals surface area contributed by atoms with Gasteiger partial charge in [0.15, 0.2) is 11.5 Å². The van der Waals surface area contributed by atoms with Crippen molar-refractivity contribution in [2.75, 3.05) is 13.2 Å². The molecule has 0 radical (unpaired) electrons. The fourth-order valence-electron chi connectivity index (χ4n) is 2.24. The molecule has 2 aromatic rings. The number of nitrogens with zero attached hydrogens (tertiary/aromatic N) is 1. The van der Waals surface area contributed by atoms with Gasteiger partial charge in [-0.15, -0.1) is 0 Å². The van der Waals surface area contributed by atoms with Crippen molar-refractivity contribution in [3.8, 4) is 11.5 Å². The number of benzene rings is 2. The Kier molecular flexibility index (Phi) is 7.56. The number of aryl methyl sites for hydroxylation is 1. The van der Waals surface area contributed by atoms with Gasteiger partial charge in [-0.1, -0.05) is 26.0 Å². The maximum Gasteiger partial charge on any atom is 0.174 e. The standard InChI is InChI=1S/C20H24INO2/c1-4-11-24-20-18(21)12-16(13-19(20)23-6-3)14-22-17-9-7-15(5-2)8-10-17/h7-10,12-14H,4-6,11H2,1-3H3. The maximum absolute atomic E-state index is 5.84. The fourth-order valence-corrected chi connectivity index (χ4v) is 3.02. The molecule has 3 nitrogen and oxygen atoms in total. The van der Waals surface area contributed by atoms with Crippen molar-refractivity contribution in [2.24, 2.45) is 4.99 Å². The van der Waals surface area contributed by atoms with Gasteiger partial charge in [-0.2, -0.15) is 0 Å². The van der Waals surface area contributed by atoms with Gasteiger partial charge in [0.2, 0.25) is 0 Å². The van der Waals surface area contributed by atoms with E-state index >= 15 is 0 Å². The van der Waals surface area contributed by atoms with Crippen LogP contribution in [0.1, 0.15) is 38.3 Å². The number of hydrogen-bond acceptors (Lipinski definition) is 3. The zero-order valence-corrected chi connectivity index (χ0v) is 16.7. The van der Waals surface area contributed by atoms with Gasteiger partial charge in [0.05, 0.1) is 22.5 Å². The van der Waals surface area contributed by atoms with Gasteiger partial charge in [-0.25, -0.2) is 0 Å². The molecule has 0 N–H and O–H groups in total. The van der Waals surface area contributed by atoms with Crippen LogP contribution in [-0.2, 0) is 6.42 Å². The van der Waals surface area contributed by atoms with Crippen molar-refractivity contribution in [3.63, 3.8) is 0 Å². The first-order valence-electron chi connectivity index (χ1n) is 8.40. The van der Waals surface area contributed by atoms with Gasteiger partial charge >= 0.3 is 0 Å². The zero-order chi connectivity index (χ0) is 17.4. The van der Waals surface area contributed by atoms with Gasteiger partial charge in [0.1, 0.15) is 0 Å². The van der Waals surface area contributed by atoms with Crippen LogP contribution in [0.5, 0.6) is 11.5 Å². The first-order chi connectivity index (χ1) is 11.7. The molecule has 0 atom stereocenters. The molecule has 0 aliphatic rings. The van der Waals surface area contributed by atoms with E-state index in [4.69, 9.17) is 9.47 Å². The highest BCUT2D eigenvalue weighted by atomic mass is 127. The first kappa shape index (κ1) is 18.8. The first-order valence-corrected chi connectivity index (χ1v) is 9.47. The number of aliphatic imine (C=N–C) groups is 1. The molecular weight excluding hydrogens is 413 g/mol. The summed E-state index contributed by atoms with van der Waals surface area (Å²) in [4.78, 5) is 4.56. The molecule has 0 saturated carbocycles. The quantitative estimate of drug-likeness (QED) is 0.387. The van der Waals surface area contributed by atoms with E-state index in [1.54, 1.807) is 0 Å². The van der Waals surface area contributed by atoms with Gasteiger partial charge in [-0.3, -0.25) is 4.99 Å². The molecule has 4 heteroatoms. The summed E-state index contributed by atoms with van der Waals surface area (Å²) in [6.07, 6.45) is 3.88. The Bertz CT molecular complexity index is 681. The summed E-state index contributed by atoms with van der Waals surface area (Å²) in [6, 6.07) is 12.4. The lowest BCUT2D eigenvalue weighted by Gasteiger charge is -2.14. The topological polar surface area (TPSA) is 30.8 Å². The molecule has 0 bridgehead atoms. The summed E-state index contributed by atoms with van der Waals surface area (Å²) in [5.41, 5.74) is 3.28. The summed E-state index contributed by atoms with van der Waals surface area (Å²) < 4.78 is 12.6. The van der Waals surface area contributed by atoms with Gasteiger partial charge in [0.25, 0.3) is 0 Å². The lowest BCUT2D eigenvalue weighted by Crippen LogP contribution is -2.02. The molecular formula is C20H24INO2. The van der Waals surface area contributed by atoms with E-state index in [1.807, 2.05) is 31.3 Å². The fraction of sp³-hybridized carbons (Fsp3) is 0.350. The second-order valence-electron chi connectivity index (χ2n) is 5.39. The minimum Gasteiger partial charge on any atom is -0.490 e. The van der Waals surface area contributed by atoms with Crippen LogP contribution in [0.2, 0.25) is 0 Å². The van der Waals surface area contributed by atoms with Crippen LogP contribution in [0.3, 0.4) is 0 Å². The molecule has 0 aliphatic carbocycles. The van der Waals surface area contributed by atoms with Crippen LogP contribution >= 0.6 is 22.6 Å². The predicted molar refractivity (Wildman–Crippen MR) is 109 cm³/mol. The third-order valence-corrected chi connectivity index (χ3v) is 4.29. The largest absolute Gasteiger partial charge is 0.490 e. The van der Waals surface area contributed by atoms with Gasteiger partial charge < -0.3 is 9.47 Å². The minimum absolute atomic E-state index is 0.609. The Balaban J connectivity index is 2.24. The van der Waals surface area contributed by atoms with Crippen molar-refractivity contribution in [2.45, 2.75) is 33.6 Å². The second-order valence-corrected chi connectivity index (χ2v) is 6.55. The van der Waals surface area contributed by atoms with Crippen LogP contribution in [-0.4, -0.2) is 19.4 Å². The smallest absolute Gasteiger partial charge is 0.174 e. The molecule has 128 valence electrons. The Labute approximate surface area is 158 Å². The maximum atomic E-state index is 5.84. The summed E-state index contributed by atoms with van der Waals surface area (Å²) in [7, 11) is 0. The molecule has 2 aromatic carbocycles. The van der Waals surface area contributed by atoms with E-state index in [0.717, 1.165) is 39.2 Å². The molecule has 0 unspecified atom stereocenters. The van der Waals surface area contributed by atoms with E-state index in [1.165, 1.54) is 5.56 Å². The zero-order valence-electron chi connectivity index (χ0n) is 14.5. The third-order valence-electron chi connectivity index (χ3n) is 3.49. The Morgan fingerprint density at radius 3 is 2.42 bits per heavy atom. The lowest BCUT2D eigenvalue weighted by atomic mass is 10.1. The normalized spacial score (nSPS) is 11.0. The highest BCUT2D eigenvalue weighted by molar-refractivity contribution is 14.1. The molecule has 0 fully saturated rings. The van der Waals surface area contributed by atoms with Crippen molar-refractivity contribution in [1.82, 2.24) is 0 Å². The molecule has 0 heterocycles. The Morgan fingerprint density at radius 1 is 1.04 bits per heavy atom. The molecule has 2 rings (SSSR count). The molecule has 0 spiro atoms. The summed E-state index contributed by atoms with van der Waals surface area (Å²) >= 11 is 2.29. The van der Waals surface area contributed by atoms with Crippen molar-refractivity contribution in [1.29, 1.82) is 0 Å². The Morgan fingerprint density at radius 2 is 1.79 bits per heavy atom. The predicted octanol–water partition coefficient (Wildman–Crippen LogP) is 5.79. The van der Waals surface area contributed by atoms with Gasteiger partial charge in [-0.05, 0) is 77.7 Å². The van der Waals surface area contributed by atoms with Crippen LogP contribution in [0.25, 0.3) is 0 Å². The van der Waals surface area contributed by atoms with Crippen LogP contribution < -0.4 is 9.47 Å². The van der Waals surface area contributed by atoms with Crippen molar-refractivity contribution >= 4 is 34.5 Å². The summed E-state index contributed by atoms with van der Waals surface area (Å²) in [5.74, 6) is 1.60. The monoisotopic (exact) mass is 437 g/mol. The number of ether oxygens (including phenoxy) is 2. The molecule has 0 saturated heterocycles. The Hall–Kier alpha value is -1.56. The molecule has 0 amide bonds. The average molecular weight is 437 g/mol. The summed E-state index contributed by atoms with van der Waals surface area (Å²) in [5, 5.41) is 0. The van der Waals surface area contributed by atoms with E-state index in [-0.39, 0.29) is 0 Å². The van der Waals surface area contributed by atoms with Crippen molar-refractivity contribution < 1.29 is 9.47 Å². The van der Waals surface area contributed by atoms with Gasteiger partial charge in [0, 0.05) is 6.21 Å². The molecule has 0 aromatic heterocycles. The number of halogens is 1. The van der Waals surface area contributed by atoms with Crippen molar-refractivity contribution in [3.05, 3.63) is 51.1 Å². The third kappa shape index (κ3) is 5.23. The van der Waals surface area contributed by atoms with E-state index < -0.39 is 0 Å². The highest BCUT2D eigenvalue weighted by Gasteiger charge is 2.11. The van der Waals surface area contributed by atoms with E-state index in [0.29, 0.717) is 13.2 Å².